The largest absolute Gasteiger partial charge is 0.467 e. The fourth-order valence-corrected chi connectivity index (χ4v) is 3.80. The summed E-state index contributed by atoms with van der Waals surface area (Å²) < 4.78 is 18.4. The number of methoxy groups -OCH3 is 1. The molecule has 6 heteroatoms. The molecule has 0 radical (unpaired) electrons. The van der Waals surface area contributed by atoms with Crippen LogP contribution in [0.2, 0.25) is 0 Å². The molecule has 0 aliphatic heterocycles. The van der Waals surface area contributed by atoms with E-state index in [0.717, 1.165) is 32.1 Å². The van der Waals surface area contributed by atoms with Crippen molar-refractivity contribution in [1.29, 1.82) is 0 Å². The molecule has 0 spiro atoms. The third-order valence-electron chi connectivity index (χ3n) is 5.32. The number of amides is 1. The number of nitrogens with two attached hydrogens (primary N) is 1. The van der Waals surface area contributed by atoms with Crippen LogP contribution in [0.15, 0.2) is 42.5 Å². The first-order valence-corrected chi connectivity index (χ1v) is 9.53. The smallest absolute Gasteiger partial charge is 0.328 e. The van der Waals surface area contributed by atoms with Gasteiger partial charge in [0.05, 0.1) is 12.7 Å². The highest BCUT2D eigenvalue weighted by molar-refractivity contribution is 6.01. The molecule has 2 aromatic carbocycles. The van der Waals surface area contributed by atoms with Crippen molar-refractivity contribution in [1.82, 2.24) is 5.32 Å². The standard InChI is InChI=1S/C22H25FN2O3/c1-28-22(27)20(14-6-3-2-4-7-14)25-21(26)18-11-10-16(13-19(18)24)15-8-5-9-17(23)12-15/h5,8-14,20H,2-4,6-7,24H2,1H3,(H,25,26)/t20-/m0/s1. The van der Waals surface area contributed by atoms with Crippen LogP contribution in [0.3, 0.4) is 0 Å². The normalized spacial score (nSPS) is 15.6. The van der Waals surface area contributed by atoms with Gasteiger partial charge >= 0.3 is 5.97 Å². The van der Waals surface area contributed by atoms with Crippen molar-refractivity contribution >= 4 is 17.6 Å². The highest BCUT2D eigenvalue weighted by atomic mass is 19.1. The second-order valence-electron chi connectivity index (χ2n) is 7.18. The molecule has 1 saturated carbocycles. The lowest BCUT2D eigenvalue weighted by atomic mass is 9.83. The summed E-state index contributed by atoms with van der Waals surface area (Å²) in [6, 6.07) is 10.4. The molecule has 148 valence electrons. The second-order valence-corrected chi connectivity index (χ2v) is 7.18. The first-order valence-electron chi connectivity index (χ1n) is 9.53. The summed E-state index contributed by atoms with van der Waals surface area (Å²) in [6.45, 7) is 0. The van der Waals surface area contributed by atoms with E-state index in [0.29, 0.717) is 11.1 Å². The van der Waals surface area contributed by atoms with Gasteiger partial charge < -0.3 is 15.8 Å². The number of carbonyl (C=O) groups is 2. The quantitative estimate of drug-likeness (QED) is 0.605. The van der Waals surface area contributed by atoms with Crippen LogP contribution in [0.25, 0.3) is 11.1 Å². The minimum Gasteiger partial charge on any atom is -0.467 e. The van der Waals surface area contributed by atoms with Crippen molar-refractivity contribution in [3.8, 4) is 11.1 Å². The van der Waals surface area contributed by atoms with Gasteiger partial charge in [-0.1, -0.05) is 37.5 Å². The minimum absolute atomic E-state index is 0.0675. The topological polar surface area (TPSA) is 81.4 Å². The number of carbonyl (C=O) groups excluding carboxylic acids is 2. The average Bonchev–Trinajstić information content (AvgIpc) is 2.71. The molecule has 1 fully saturated rings. The summed E-state index contributed by atoms with van der Waals surface area (Å²) in [5, 5.41) is 2.81. The highest BCUT2D eigenvalue weighted by Gasteiger charge is 2.32. The molecule has 3 N–H and O–H groups in total. The predicted molar refractivity (Wildman–Crippen MR) is 106 cm³/mol. The molecule has 0 saturated heterocycles. The maximum atomic E-state index is 13.5. The number of rotatable bonds is 5. The van der Waals surface area contributed by atoms with Gasteiger partial charge in [-0.3, -0.25) is 4.79 Å². The number of nitrogens with one attached hydrogen (secondary N) is 1. The second kappa shape index (κ2) is 8.87. The predicted octanol–water partition coefficient (Wildman–Crippen LogP) is 3.93. The van der Waals surface area contributed by atoms with E-state index in [4.69, 9.17) is 10.5 Å². The molecule has 0 unspecified atom stereocenters. The Morgan fingerprint density at radius 2 is 1.82 bits per heavy atom. The lowest BCUT2D eigenvalue weighted by Crippen LogP contribution is -2.47. The van der Waals surface area contributed by atoms with Gasteiger partial charge in [-0.2, -0.15) is 0 Å². The number of anilines is 1. The number of halogens is 1. The number of benzene rings is 2. The van der Waals surface area contributed by atoms with Gasteiger partial charge in [0.2, 0.25) is 0 Å². The number of hydrogen-bond donors (Lipinski definition) is 2. The van der Waals surface area contributed by atoms with E-state index < -0.39 is 17.9 Å². The molecule has 3 rings (SSSR count). The van der Waals surface area contributed by atoms with Crippen LogP contribution >= 0.6 is 0 Å². The van der Waals surface area contributed by atoms with Gasteiger partial charge in [0.15, 0.2) is 0 Å². The van der Waals surface area contributed by atoms with E-state index in [-0.39, 0.29) is 23.0 Å². The fourth-order valence-electron chi connectivity index (χ4n) is 3.80. The molecular weight excluding hydrogens is 359 g/mol. The number of nitrogen functional groups attached to an aromatic ring is 1. The summed E-state index contributed by atoms with van der Waals surface area (Å²) in [4.78, 5) is 25.0. The maximum absolute atomic E-state index is 13.5. The van der Waals surface area contributed by atoms with Gasteiger partial charge in [0.25, 0.3) is 5.91 Å². The van der Waals surface area contributed by atoms with Gasteiger partial charge in [0.1, 0.15) is 11.9 Å². The Balaban J connectivity index is 1.79. The molecule has 1 aliphatic rings. The molecular formula is C22H25FN2O3. The Labute approximate surface area is 164 Å². The number of hydrogen-bond acceptors (Lipinski definition) is 4. The number of ether oxygens (including phenoxy) is 1. The SMILES string of the molecule is COC(=O)[C@@H](NC(=O)c1ccc(-c2cccc(F)c2)cc1N)C1CCCCC1. The van der Waals surface area contributed by atoms with Gasteiger partial charge in [0, 0.05) is 5.69 Å². The summed E-state index contributed by atoms with van der Waals surface area (Å²) in [5.74, 6) is -1.12. The molecule has 0 aromatic heterocycles. The van der Waals surface area contributed by atoms with Gasteiger partial charge in [-0.05, 0) is 54.2 Å². The summed E-state index contributed by atoms with van der Waals surface area (Å²) >= 11 is 0. The Morgan fingerprint density at radius 1 is 1.11 bits per heavy atom. The van der Waals surface area contributed by atoms with Crippen molar-refractivity contribution in [2.75, 3.05) is 12.8 Å². The lowest BCUT2D eigenvalue weighted by molar-refractivity contribution is -0.144. The lowest BCUT2D eigenvalue weighted by Gasteiger charge is -2.29. The highest BCUT2D eigenvalue weighted by Crippen LogP contribution is 2.28. The Morgan fingerprint density at radius 3 is 2.46 bits per heavy atom. The minimum atomic E-state index is -0.680. The monoisotopic (exact) mass is 384 g/mol. The van der Waals surface area contributed by atoms with Gasteiger partial charge in [-0.25, -0.2) is 9.18 Å². The van der Waals surface area contributed by atoms with E-state index >= 15 is 0 Å². The van der Waals surface area contributed by atoms with E-state index in [9.17, 15) is 14.0 Å². The molecule has 0 heterocycles. The molecule has 2 aromatic rings. The summed E-state index contributed by atoms with van der Waals surface area (Å²) in [5.41, 5.74) is 8.03. The Bertz CT molecular complexity index is 863. The van der Waals surface area contributed by atoms with Crippen LogP contribution in [0.1, 0.15) is 42.5 Å². The van der Waals surface area contributed by atoms with Crippen molar-refractivity contribution < 1.29 is 18.7 Å². The summed E-state index contributed by atoms with van der Waals surface area (Å²) in [6.07, 6.45) is 4.99. The maximum Gasteiger partial charge on any atom is 0.328 e. The van der Waals surface area contributed by atoms with Crippen LogP contribution in [-0.2, 0) is 9.53 Å². The van der Waals surface area contributed by atoms with E-state index in [1.807, 2.05) is 0 Å². The zero-order valence-electron chi connectivity index (χ0n) is 15.9. The molecule has 1 amide bonds. The third-order valence-corrected chi connectivity index (χ3v) is 5.32. The van der Waals surface area contributed by atoms with E-state index in [1.54, 1.807) is 30.3 Å². The third kappa shape index (κ3) is 4.50. The van der Waals surface area contributed by atoms with Crippen molar-refractivity contribution in [2.24, 2.45) is 5.92 Å². The Hall–Kier alpha value is -2.89. The molecule has 5 nitrogen and oxygen atoms in total. The van der Waals surface area contributed by atoms with E-state index in [2.05, 4.69) is 5.32 Å². The fraction of sp³-hybridized carbons (Fsp3) is 0.364. The van der Waals surface area contributed by atoms with Crippen LogP contribution in [0.4, 0.5) is 10.1 Å². The average molecular weight is 384 g/mol. The van der Waals surface area contributed by atoms with Crippen LogP contribution in [0.5, 0.6) is 0 Å². The van der Waals surface area contributed by atoms with Crippen molar-refractivity contribution in [3.63, 3.8) is 0 Å². The van der Waals surface area contributed by atoms with E-state index in [1.165, 1.54) is 19.2 Å². The first kappa shape index (κ1) is 19.9. The molecule has 1 atom stereocenters. The first-order chi connectivity index (χ1) is 13.5. The van der Waals surface area contributed by atoms with Gasteiger partial charge in [-0.15, -0.1) is 0 Å². The number of esters is 1. The van der Waals surface area contributed by atoms with Crippen LogP contribution in [-0.4, -0.2) is 25.0 Å². The molecule has 1 aliphatic carbocycles. The Kier molecular flexibility index (Phi) is 6.29. The molecule has 28 heavy (non-hydrogen) atoms. The summed E-state index contributed by atoms with van der Waals surface area (Å²) in [7, 11) is 1.33. The molecule has 0 bridgehead atoms. The van der Waals surface area contributed by atoms with Crippen LogP contribution in [0, 0.1) is 11.7 Å². The van der Waals surface area contributed by atoms with Crippen molar-refractivity contribution in [3.05, 3.63) is 53.8 Å². The van der Waals surface area contributed by atoms with Crippen molar-refractivity contribution in [2.45, 2.75) is 38.1 Å². The zero-order valence-corrected chi connectivity index (χ0v) is 15.9. The van der Waals surface area contributed by atoms with Crippen LogP contribution < -0.4 is 11.1 Å². The zero-order chi connectivity index (χ0) is 20.1.